The number of fused-ring (bicyclic) bond motifs is 1. The first-order chi connectivity index (χ1) is 20.4. The SMILES string of the molecule is N[C@H]1CC[C@H](Nc2cccc(Nc3cc(N[C@H]4CC[C@H](N)CC4)nn4c(C(=O)Nc5ccncc5F)cnc34)n2)CC1. The molecule has 220 valence electrons. The molecule has 6 rings (SSSR count). The van der Waals surface area contributed by atoms with E-state index in [2.05, 4.69) is 31.2 Å². The summed E-state index contributed by atoms with van der Waals surface area (Å²) in [5, 5.41) is 17.7. The van der Waals surface area contributed by atoms with Crippen molar-refractivity contribution < 1.29 is 9.18 Å². The van der Waals surface area contributed by atoms with Crippen LogP contribution < -0.4 is 32.7 Å². The number of nitrogens with one attached hydrogen (secondary N) is 4. The van der Waals surface area contributed by atoms with Gasteiger partial charge < -0.3 is 32.7 Å². The Labute approximate surface area is 242 Å². The minimum Gasteiger partial charge on any atom is -0.367 e. The minimum absolute atomic E-state index is 0.0181. The predicted octanol–water partition coefficient (Wildman–Crippen LogP) is 4.02. The Kier molecular flexibility index (Phi) is 8.11. The van der Waals surface area contributed by atoms with E-state index in [0.29, 0.717) is 29.0 Å². The van der Waals surface area contributed by atoms with Crippen molar-refractivity contribution in [1.29, 1.82) is 0 Å². The molecule has 2 saturated carbocycles. The van der Waals surface area contributed by atoms with Crippen molar-refractivity contribution >= 4 is 40.4 Å². The zero-order valence-electron chi connectivity index (χ0n) is 23.3. The van der Waals surface area contributed by atoms with Gasteiger partial charge in [-0.15, -0.1) is 5.10 Å². The summed E-state index contributed by atoms with van der Waals surface area (Å²) >= 11 is 0. The van der Waals surface area contributed by atoms with E-state index in [-0.39, 0.29) is 29.5 Å². The quantitative estimate of drug-likeness (QED) is 0.181. The number of aromatic nitrogens is 5. The summed E-state index contributed by atoms with van der Waals surface area (Å²) < 4.78 is 15.7. The van der Waals surface area contributed by atoms with Crippen LogP contribution in [0.5, 0.6) is 0 Å². The molecule has 0 spiro atoms. The molecule has 4 heterocycles. The van der Waals surface area contributed by atoms with E-state index in [1.807, 2.05) is 24.3 Å². The summed E-state index contributed by atoms with van der Waals surface area (Å²) in [7, 11) is 0. The van der Waals surface area contributed by atoms with Crippen LogP contribution in [0.2, 0.25) is 0 Å². The van der Waals surface area contributed by atoms with Gasteiger partial charge in [0.15, 0.2) is 17.2 Å². The van der Waals surface area contributed by atoms with Gasteiger partial charge in [-0.2, -0.15) is 0 Å². The third kappa shape index (κ3) is 6.42. The second-order valence-electron chi connectivity index (χ2n) is 11.2. The number of pyridine rings is 2. The van der Waals surface area contributed by atoms with E-state index in [1.54, 1.807) is 0 Å². The highest BCUT2D eigenvalue weighted by Crippen LogP contribution is 2.28. The Morgan fingerprint density at radius 2 is 1.52 bits per heavy atom. The number of halogens is 1. The Balaban J connectivity index is 1.29. The third-order valence-electron chi connectivity index (χ3n) is 7.98. The van der Waals surface area contributed by atoms with Gasteiger partial charge in [-0.25, -0.2) is 18.9 Å². The second kappa shape index (κ2) is 12.2. The number of hydrogen-bond acceptors (Lipinski definition) is 10. The van der Waals surface area contributed by atoms with Gasteiger partial charge in [-0.05, 0) is 69.6 Å². The molecule has 0 aliphatic heterocycles. The van der Waals surface area contributed by atoms with Crippen molar-refractivity contribution in [1.82, 2.24) is 24.6 Å². The predicted molar refractivity (Wildman–Crippen MR) is 160 cm³/mol. The fourth-order valence-electron chi connectivity index (χ4n) is 5.62. The Morgan fingerprint density at radius 1 is 0.857 bits per heavy atom. The van der Waals surface area contributed by atoms with Gasteiger partial charge in [0.25, 0.3) is 5.91 Å². The topological polar surface area (TPSA) is 173 Å². The first-order valence-electron chi connectivity index (χ1n) is 14.5. The van der Waals surface area contributed by atoms with Crippen LogP contribution in [0.4, 0.5) is 33.2 Å². The molecule has 2 aliphatic carbocycles. The molecule has 2 aliphatic rings. The Hall–Kier alpha value is -4.36. The highest BCUT2D eigenvalue weighted by atomic mass is 19.1. The Bertz CT molecular complexity index is 1540. The van der Waals surface area contributed by atoms with Crippen LogP contribution in [0.1, 0.15) is 61.9 Å². The van der Waals surface area contributed by atoms with Gasteiger partial charge in [0, 0.05) is 36.4 Å². The maximum Gasteiger partial charge on any atom is 0.276 e. The number of nitrogens with two attached hydrogens (primary N) is 2. The molecule has 4 aromatic rings. The molecule has 0 radical (unpaired) electrons. The maximum absolute atomic E-state index is 14.2. The lowest BCUT2D eigenvalue weighted by Crippen LogP contribution is -2.33. The van der Waals surface area contributed by atoms with E-state index in [4.69, 9.17) is 21.5 Å². The van der Waals surface area contributed by atoms with Gasteiger partial charge in [0.2, 0.25) is 0 Å². The smallest absolute Gasteiger partial charge is 0.276 e. The number of rotatable bonds is 8. The maximum atomic E-state index is 14.2. The summed E-state index contributed by atoms with van der Waals surface area (Å²) in [6, 6.07) is 10.0. The first-order valence-corrected chi connectivity index (χ1v) is 14.5. The van der Waals surface area contributed by atoms with Gasteiger partial charge in [0.05, 0.1) is 23.8 Å². The fourth-order valence-corrected chi connectivity index (χ4v) is 5.62. The van der Waals surface area contributed by atoms with E-state index < -0.39 is 11.7 Å². The van der Waals surface area contributed by atoms with Gasteiger partial charge in [-0.3, -0.25) is 9.78 Å². The van der Waals surface area contributed by atoms with Gasteiger partial charge in [0.1, 0.15) is 17.5 Å². The molecule has 4 aromatic heterocycles. The molecule has 13 heteroatoms. The number of carbonyl (C=O) groups is 1. The van der Waals surface area contributed by atoms with Crippen molar-refractivity contribution in [2.75, 3.05) is 21.3 Å². The summed E-state index contributed by atoms with van der Waals surface area (Å²) in [6.07, 6.45) is 11.6. The molecule has 42 heavy (non-hydrogen) atoms. The molecule has 2 fully saturated rings. The minimum atomic E-state index is -0.636. The summed E-state index contributed by atoms with van der Waals surface area (Å²) in [6.45, 7) is 0. The van der Waals surface area contributed by atoms with Crippen LogP contribution in [0, 0.1) is 5.82 Å². The van der Waals surface area contributed by atoms with Gasteiger partial charge in [-0.1, -0.05) is 6.07 Å². The standard InChI is InChI=1S/C29H36FN11O/c30-21-15-33-13-12-22(21)38-29(42)24-16-34-28-23(14-27(40-41(24)28)36-20-10-6-18(32)7-11-20)37-26-3-1-2-25(39-26)35-19-8-4-17(31)5-9-19/h1-3,12-20H,4-11,31-32H2,(H,36,40)(H,33,38,42)(H2,35,37,39)/t17-,18-,19-,20-. The number of anilines is 5. The number of nitrogens with zero attached hydrogens (tertiary/aromatic N) is 5. The number of carbonyl (C=O) groups excluding carboxylic acids is 1. The third-order valence-corrected chi connectivity index (χ3v) is 7.98. The molecule has 8 N–H and O–H groups in total. The molecular formula is C29H36FN11O. The molecule has 0 bridgehead atoms. The Morgan fingerprint density at radius 3 is 2.21 bits per heavy atom. The molecular weight excluding hydrogens is 537 g/mol. The van der Waals surface area contributed by atoms with Crippen LogP contribution in [-0.4, -0.2) is 54.6 Å². The van der Waals surface area contributed by atoms with Crippen molar-refractivity contribution in [2.24, 2.45) is 11.5 Å². The van der Waals surface area contributed by atoms with Crippen LogP contribution >= 0.6 is 0 Å². The first kappa shape index (κ1) is 27.8. The van der Waals surface area contributed by atoms with Crippen LogP contribution in [0.3, 0.4) is 0 Å². The van der Waals surface area contributed by atoms with Crippen molar-refractivity contribution in [3.05, 3.63) is 60.4 Å². The molecule has 12 nitrogen and oxygen atoms in total. The van der Waals surface area contributed by atoms with E-state index in [1.165, 1.54) is 23.0 Å². The summed E-state index contributed by atoms with van der Waals surface area (Å²) in [4.78, 5) is 26.2. The van der Waals surface area contributed by atoms with Crippen molar-refractivity contribution in [3.63, 3.8) is 0 Å². The molecule has 0 atom stereocenters. The monoisotopic (exact) mass is 573 g/mol. The lowest BCUT2D eigenvalue weighted by atomic mass is 9.92. The number of amides is 1. The van der Waals surface area contributed by atoms with Gasteiger partial charge >= 0.3 is 0 Å². The normalized spacial score (nSPS) is 22.5. The zero-order chi connectivity index (χ0) is 29.1. The van der Waals surface area contributed by atoms with Crippen molar-refractivity contribution in [2.45, 2.75) is 75.5 Å². The molecule has 0 aromatic carbocycles. The second-order valence-corrected chi connectivity index (χ2v) is 11.2. The highest BCUT2D eigenvalue weighted by molar-refractivity contribution is 6.03. The van der Waals surface area contributed by atoms with Crippen LogP contribution in [0.15, 0.2) is 48.9 Å². The molecule has 0 unspecified atom stereocenters. The lowest BCUT2D eigenvalue weighted by molar-refractivity contribution is 0.102. The fraction of sp³-hybridized carbons (Fsp3) is 0.414. The summed E-state index contributed by atoms with van der Waals surface area (Å²) in [5.41, 5.74) is 13.4. The van der Waals surface area contributed by atoms with E-state index >= 15 is 0 Å². The van der Waals surface area contributed by atoms with E-state index in [0.717, 1.165) is 63.4 Å². The number of imidazole rings is 1. The number of hydrogen-bond donors (Lipinski definition) is 6. The average molecular weight is 574 g/mol. The summed E-state index contributed by atoms with van der Waals surface area (Å²) in [5.74, 6) is 0.764. The molecule has 1 amide bonds. The lowest BCUT2D eigenvalue weighted by Gasteiger charge is -2.27. The van der Waals surface area contributed by atoms with E-state index in [9.17, 15) is 9.18 Å². The van der Waals surface area contributed by atoms with Crippen molar-refractivity contribution in [3.8, 4) is 0 Å². The average Bonchev–Trinajstić information content (AvgIpc) is 3.41. The zero-order valence-corrected chi connectivity index (χ0v) is 23.3. The van der Waals surface area contributed by atoms with Crippen LogP contribution in [-0.2, 0) is 0 Å². The largest absolute Gasteiger partial charge is 0.367 e. The molecule has 0 saturated heterocycles. The van der Waals surface area contributed by atoms with Crippen LogP contribution in [0.25, 0.3) is 5.65 Å². The highest BCUT2D eigenvalue weighted by Gasteiger charge is 2.23.